The number of rotatable bonds is 5. The molecule has 0 spiro atoms. The van der Waals surface area contributed by atoms with Gasteiger partial charge in [0.2, 0.25) is 11.8 Å². The molecule has 0 unspecified atom stereocenters. The Balaban J connectivity index is 1.70. The highest BCUT2D eigenvalue weighted by Crippen LogP contribution is 2.40. The molecule has 5 atom stereocenters. The van der Waals surface area contributed by atoms with Gasteiger partial charge >= 0.3 is 0 Å². The molecule has 0 radical (unpaired) electrons. The van der Waals surface area contributed by atoms with Crippen LogP contribution in [0.15, 0.2) is 48.5 Å². The van der Waals surface area contributed by atoms with Crippen molar-refractivity contribution in [1.82, 2.24) is 10.2 Å². The Hall–Kier alpha value is -2.27. The average molecular weight is 451 g/mol. The molecule has 4 nitrogen and oxygen atoms in total. The summed E-state index contributed by atoms with van der Waals surface area (Å²) in [4.78, 5) is 28.6. The lowest BCUT2D eigenvalue weighted by molar-refractivity contribution is -0.142. The van der Waals surface area contributed by atoms with Crippen LogP contribution in [0.1, 0.15) is 63.6 Å². The summed E-state index contributed by atoms with van der Waals surface area (Å²) in [6.45, 7) is 6.21. The van der Waals surface area contributed by atoms with Crippen LogP contribution in [0, 0.1) is 5.92 Å². The van der Waals surface area contributed by atoms with E-state index in [1.807, 2.05) is 17.9 Å². The number of carbonyl (C=O) groups is 2. The van der Waals surface area contributed by atoms with Crippen LogP contribution in [0.4, 0.5) is 0 Å². The number of fused-ring (bicyclic) bond motifs is 3. The second kappa shape index (κ2) is 9.70. The molecule has 0 saturated carbocycles. The largest absolute Gasteiger partial charge is 0.343 e. The van der Waals surface area contributed by atoms with Crippen LogP contribution in [-0.2, 0) is 16.0 Å². The number of piperidine rings is 1. The smallest absolute Gasteiger partial charge is 0.246 e. The lowest BCUT2D eigenvalue weighted by atomic mass is 9.88. The van der Waals surface area contributed by atoms with E-state index in [-0.39, 0.29) is 29.8 Å². The van der Waals surface area contributed by atoms with Gasteiger partial charge in [-0.05, 0) is 60.4 Å². The van der Waals surface area contributed by atoms with Crippen LogP contribution in [0.2, 0.25) is 0 Å². The zero-order chi connectivity index (χ0) is 22.8. The van der Waals surface area contributed by atoms with E-state index < -0.39 is 11.3 Å². The van der Waals surface area contributed by atoms with Crippen LogP contribution in [0.3, 0.4) is 0 Å². The summed E-state index contributed by atoms with van der Waals surface area (Å²) in [5.74, 6) is 0.0471. The van der Waals surface area contributed by atoms with Crippen molar-refractivity contribution in [1.29, 1.82) is 0 Å². The minimum atomic E-state index is -0.548. The molecule has 1 saturated heterocycles. The molecule has 1 fully saturated rings. The molecular formula is C27H34N2O2S. The summed E-state index contributed by atoms with van der Waals surface area (Å²) in [5, 5.41) is 2.65. The number of nitrogens with zero attached hydrogens (tertiary/aromatic N) is 1. The van der Waals surface area contributed by atoms with E-state index in [1.54, 1.807) is 0 Å². The predicted molar refractivity (Wildman–Crippen MR) is 133 cm³/mol. The zero-order valence-corrected chi connectivity index (χ0v) is 20.1. The quantitative estimate of drug-likeness (QED) is 0.617. The van der Waals surface area contributed by atoms with Crippen molar-refractivity contribution in [3.05, 3.63) is 59.7 Å². The van der Waals surface area contributed by atoms with Gasteiger partial charge < -0.3 is 10.2 Å². The molecule has 170 valence electrons. The van der Waals surface area contributed by atoms with Crippen molar-refractivity contribution >= 4 is 24.4 Å². The van der Waals surface area contributed by atoms with Gasteiger partial charge in [-0.1, -0.05) is 62.7 Å². The highest BCUT2D eigenvalue weighted by atomic mass is 32.1. The van der Waals surface area contributed by atoms with Gasteiger partial charge in [-0.25, -0.2) is 0 Å². The normalized spacial score (nSPS) is 24.7. The number of amides is 2. The van der Waals surface area contributed by atoms with E-state index in [0.717, 1.165) is 31.2 Å². The molecule has 32 heavy (non-hydrogen) atoms. The zero-order valence-electron chi connectivity index (χ0n) is 19.3. The molecule has 2 heterocycles. The van der Waals surface area contributed by atoms with Crippen molar-refractivity contribution in [3.8, 4) is 11.1 Å². The van der Waals surface area contributed by atoms with Gasteiger partial charge in [0, 0.05) is 12.5 Å². The van der Waals surface area contributed by atoms with Crippen LogP contribution >= 0.6 is 12.6 Å². The molecule has 0 aromatic heterocycles. The highest BCUT2D eigenvalue weighted by molar-refractivity contribution is 7.81. The highest BCUT2D eigenvalue weighted by Gasteiger charge is 2.41. The van der Waals surface area contributed by atoms with E-state index in [2.05, 4.69) is 74.3 Å². The fourth-order valence-electron chi connectivity index (χ4n) is 5.11. The molecule has 0 aliphatic carbocycles. The maximum absolute atomic E-state index is 13.7. The first kappa shape index (κ1) is 22.9. The molecule has 4 rings (SSSR count). The fraction of sp³-hybridized carbons (Fsp3) is 0.481. The van der Waals surface area contributed by atoms with E-state index >= 15 is 0 Å². The molecule has 2 aliphatic rings. The maximum Gasteiger partial charge on any atom is 0.246 e. The third-order valence-electron chi connectivity index (χ3n) is 7.27. The SMILES string of the molecule is CC[C@H](C)[C@H](S)C(=O)N[C@H]1Cc2ccc(-c3ccccc3)cc2[C@H]2CCC[C@@H](C)N2C1=O. The summed E-state index contributed by atoms with van der Waals surface area (Å²) in [5.41, 5.74) is 4.73. The van der Waals surface area contributed by atoms with Crippen molar-refractivity contribution in [2.24, 2.45) is 5.92 Å². The Morgan fingerprint density at radius 1 is 1.16 bits per heavy atom. The molecule has 2 amide bonds. The van der Waals surface area contributed by atoms with Crippen LogP contribution in [0.25, 0.3) is 11.1 Å². The Morgan fingerprint density at radius 2 is 1.91 bits per heavy atom. The number of hydrogen-bond acceptors (Lipinski definition) is 3. The van der Waals surface area contributed by atoms with Crippen LogP contribution in [-0.4, -0.2) is 34.0 Å². The van der Waals surface area contributed by atoms with E-state index in [1.165, 1.54) is 16.7 Å². The maximum atomic E-state index is 13.7. The van der Waals surface area contributed by atoms with Gasteiger partial charge in [-0.3, -0.25) is 9.59 Å². The van der Waals surface area contributed by atoms with E-state index in [0.29, 0.717) is 6.42 Å². The van der Waals surface area contributed by atoms with Gasteiger partial charge in [0.05, 0.1) is 11.3 Å². The summed E-state index contributed by atoms with van der Waals surface area (Å²) in [7, 11) is 0. The molecule has 0 bridgehead atoms. The summed E-state index contributed by atoms with van der Waals surface area (Å²) in [6, 6.07) is 16.6. The molecule has 1 N–H and O–H groups in total. The first-order chi connectivity index (χ1) is 15.4. The summed E-state index contributed by atoms with van der Waals surface area (Å²) >= 11 is 4.54. The number of nitrogens with one attached hydrogen (secondary N) is 1. The summed E-state index contributed by atoms with van der Waals surface area (Å²) < 4.78 is 0. The third kappa shape index (κ3) is 4.45. The first-order valence-electron chi connectivity index (χ1n) is 11.9. The minimum absolute atomic E-state index is 0.0395. The average Bonchev–Trinajstić information content (AvgIpc) is 2.93. The number of hydrogen-bond donors (Lipinski definition) is 2. The molecule has 2 aliphatic heterocycles. The second-order valence-corrected chi connectivity index (χ2v) is 9.97. The molecule has 2 aromatic carbocycles. The number of benzene rings is 2. The number of carbonyl (C=O) groups excluding carboxylic acids is 2. The topological polar surface area (TPSA) is 49.4 Å². The van der Waals surface area contributed by atoms with E-state index in [9.17, 15) is 9.59 Å². The lowest BCUT2D eigenvalue weighted by Gasteiger charge is -2.41. The van der Waals surface area contributed by atoms with Crippen molar-refractivity contribution in [3.63, 3.8) is 0 Å². The fourth-order valence-corrected chi connectivity index (χ4v) is 5.39. The van der Waals surface area contributed by atoms with Gasteiger partial charge in [0.1, 0.15) is 6.04 Å². The molecule has 2 aromatic rings. The standard InChI is InChI=1S/C27H34N2O2S/c1-4-17(2)25(32)26(30)28-23-16-21-14-13-20(19-10-6-5-7-11-19)15-22(21)24-12-8-9-18(3)29(24)27(23)31/h5-7,10-11,13-15,17-18,23-25,32H,4,8-9,12,16H2,1-3H3,(H,28,30)/t17-,18+,23-,24+,25-/m0/s1. The molecule has 5 heteroatoms. The Kier molecular flexibility index (Phi) is 6.94. The second-order valence-electron chi connectivity index (χ2n) is 9.42. The van der Waals surface area contributed by atoms with Crippen molar-refractivity contribution in [2.75, 3.05) is 0 Å². The first-order valence-corrected chi connectivity index (χ1v) is 12.4. The van der Waals surface area contributed by atoms with Crippen molar-refractivity contribution in [2.45, 2.75) is 76.3 Å². The van der Waals surface area contributed by atoms with Crippen molar-refractivity contribution < 1.29 is 9.59 Å². The lowest BCUT2D eigenvalue weighted by Crippen LogP contribution is -2.54. The summed E-state index contributed by atoms with van der Waals surface area (Å²) in [6.07, 6.45) is 4.46. The minimum Gasteiger partial charge on any atom is -0.343 e. The number of thiol groups is 1. The van der Waals surface area contributed by atoms with Crippen LogP contribution in [0.5, 0.6) is 0 Å². The van der Waals surface area contributed by atoms with Gasteiger partial charge in [0.15, 0.2) is 0 Å². The van der Waals surface area contributed by atoms with E-state index in [4.69, 9.17) is 0 Å². The van der Waals surface area contributed by atoms with Gasteiger partial charge in [-0.15, -0.1) is 0 Å². The Morgan fingerprint density at radius 3 is 2.62 bits per heavy atom. The Labute approximate surface area is 197 Å². The monoisotopic (exact) mass is 450 g/mol. The van der Waals surface area contributed by atoms with Gasteiger partial charge in [0.25, 0.3) is 0 Å². The molecular weight excluding hydrogens is 416 g/mol. The third-order valence-corrected chi connectivity index (χ3v) is 8.01. The van der Waals surface area contributed by atoms with Crippen LogP contribution < -0.4 is 5.32 Å². The van der Waals surface area contributed by atoms with Gasteiger partial charge in [-0.2, -0.15) is 12.6 Å². The Bertz CT molecular complexity index is 977. The predicted octanol–water partition coefficient (Wildman–Crippen LogP) is 5.18.